The Balaban J connectivity index is 1.83. The predicted molar refractivity (Wildman–Crippen MR) is 66.2 cm³/mol. The summed E-state index contributed by atoms with van der Waals surface area (Å²) in [6.45, 7) is 0.386. The average Bonchev–Trinajstić information content (AvgIpc) is 2.89. The molecule has 3 nitrogen and oxygen atoms in total. The van der Waals surface area contributed by atoms with Gasteiger partial charge in [-0.25, -0.2) is 0 Å². The van der Waals surface area contributed by atoms with Crippen LogP contribution in [0.4, 0.5) is 0 Å². The Morgan fingerprint density at radius 2 is 1.88 bits per heavy atom. The van der Waals surface area contributed by atoms with Crippen molar-refractivity contribution in [2.24, 2.45) is 0 Å². The molecule has 1 aliphatic carbocycles. The van der Waals surface area contributed by atoms with Crippen LogP contribution in [0.5, 0.6) is 5.75 Å². The highest BCUT2D eigenvalue weighted by atomic mass is 16.5. The quantitative estimate of drug-likeness (QED) is 0.854. The summed E-state index contributed by atoms with van der Waals surface area (Å²) >= 11 is 0. The lowest BCUT2D eigenvalue weighted by molar-refractivity contribution is -0.00699. The van der Waals surface area contributed by atoms with Crippen LogP contribution in [0.3, 0.4) is 0 Å². The maximum absolute atomic E-state index is 9.98. The molecule has 94 valence electrons. The topological polar surface area (TPSA) is 38.7 Å². The minimum Gasteiger partial charge on any atom is -0.497 e. The monoisotopic (exact) mass is 236 g/mol. The van der Waals surface area contributed by atoms with Crippen molar-refractivity contribution >= 4 is 0 Å². The highest BCUT2D eigenvalue weighted by molar-refractivity contribution is 5.28. The van der Waals surface area contributed by atoms with E-state index in [0.717, 1.165) is 24.2 Å². The number of rotatable bonds is 5. The molecule has 0 heterocycles. The number of hydrogen-bond donors (Lipinski definition) is 1. The van der Waals surface area contributed by atoms with Crippen molar-refractivity contribution in [2.75, 3.05) is 13.7 Å². The molecule has 0 aliphatic heterocycles. The highest BCUT2D eigenvalue weighted by Gasteiger charge is 2.17. The van der Waals surface area contributed by atoms with Crippen molar-refractivity contribution < 1.29 is 14.6 Å². The van der Waals surface area contributed by atoms with Crippen LogP contribution in [0.15, 0.2) is 24.3 Å². The molecule has 1 atom stereocenters. The molecule has 1 fully saturated rings. The van der Waals surface area contributed by atoms with Crippen molar-refractivity contribution in [2.45, 2.75) is 37.9 Å². The molecule has 0 saturated heterocycles. The zero-order valence-electron chi connectivity index (χ0n) is 10.3. The molecule has 3 heteroatoms. The van der Waals surface area contributed by atoms with Crippen molar-refractivity contribution in [3.63, 3.8) is 0 Å². The molecule has 0 aromatic heterocycles. The second-order valence-corrected chi connectivity index (χ2v) is 4.53. The van der Waals surface area contributed by atoms with Crippen molar-refractivity contribution in [1.82, 2.24) is 0 Å². The molecular formula is C14H20O3. The Morgan fingerprint density at radius 3 is 2.47 bits per heavy atom. The van der Waals surface area contributed by atoms with E-state index in [1.807, 2.05) is 24.3 Å². The van der Waals surface area contributed by atoms with Gasteiger partial charge >= 0.3 is 0 Å². The summed E-state index contributed by atoms with van der Waals surface area (Å²) in [6, 6.07) is 7.46. The first-order valence-electron chi connectivity index (χ1n) is 6.23. The average molecular weight is 236 g/mol. The van der Waals surface area contributed by atoms with Gasteiger partial charge in [0.25, 0.3) is 0 Å². The van der Waals surface area contributed by atoms with Gasteiger partial charge in [0.2, 0.25) is 0 Å². The maximum atomic E-state index is 9.98. The minimum absolute atomic E-state index is 0.350. The lowest BCUT2D eigenvalue weighted by atomic mass is 10.1. The largest absolute Gasteiger partial charge is 0.497 e. The third-order valence-corrected chi connectivity index (χ3v) is 3.29. The molecule has 0 bridgehead atoms. The number of hydrogen-bond acceptors (Lipinski definition) is 3. The van der Waals surface area contributed by atoms with Gasteiger partial charge in [-0.2, -0.15) is 0 Å². The summed E-state index contributed by atoms with van der Waals surface area (Å²) in [5.41, 5.74) is 0.879. The summed E-state index contributed by atoms with van der Waals surface area (Å²) in [6.07, 6.45) is 4.58. The molecule has 0 radical (unpaired) electrons. The zero-order chi connectivity index (χ0) is 12.1. The van der Waals surface area contributed by atoms with Gasteiger partial charge < -0.3 is 14.6 Å². The Hall–Kier alpha value is -1.06. The van der Waals surface area contributed by atoms with Crippen LogP contribution >= 0.6 is 0 Å². The molecule has 0 amide bonds. The third-order valence-electron chi connectivity index (χ3n) is 3.29. The van der Waals surface area contributed by atoms with E-state index in [2.05, 4.69) is 0 Å². The first-order chi connectivity index (χ1) is 8.29. The number of ether oxygens (including phenoxy) is 2. The smallest absolute Gasteiger partial charge is 0.118 e. The van der Waals surface area contributed by atoms with Crippen LogP contribution in [0.2, 0.25) is 0 Å². The zero-order valence-corrected chi connectivity index (χ0v) is 10.3. The fourth-order valence-corrected chi connectivity index (χ4v) is 2.20. The molecular weight excluding hydrogens is 216 g/mol. The summed E-state index contributed by atoms with van der Waals surface area (Å²) in [7, 11) is 1.63. The van der Waals surface area contributed by atoms with Gasteiger partial charge in [-0.1, -0.05) is 25.0 Å². The van der Waals surface area contributed by atoms with Crippen LogP contribution in [0, 0.1) is 0 Å². The molecule has 0 spiro atoms. The van der Waals surface area contributed by atoms with Crippen molar-refractivity contribution in [1.29, 1.82) is 0 Å². The van der Waals surface area contributed by atoms with E-state index in [4.69, 9.17) is 9.47 Å². The number of aliphatic hydroxyl groups is 1. The Morgan fingerprint density at radius 1 is 1.24 bits per heavy atom. The molecule has 1 N–H and O–H groups in total. The van der Waals surface area contributed by atoms with Gasteiger partial charge in [-0.3, -0.25) is 0 Å². The Kier molecular flexibility index (Phi) is 4.40. The fraction of sp³-hybridized carbons (Fsp3) is 0.571. The normalized spacial score (nSPS) is 18.2. The molecule has 2 rings (SSSR count). The minimum atomic E-state index is -0.540. The summed E-state index contributed by atoms with van der Waals surface area (Å²) in [4.78, 5) is 0. The van der Waals surface area contributed by atoms with E-state index in [9.17, 15) is 5.11 Å². The van der Waals surface area contributed by atoms with Crippen LogP contribution in [0.25, 0.3) is 0 Å². The second kappa shape index (κ2) is 6.03. The van der Waals surface area contributed by atoms with E-state index >= 15 is 0 Å². The van der Waals surface area contributed by atoms with Crippen molar-refractivity contribution in [3.05, 3.63) is 29.8 Å². The van der Waals surface area contributed by atoms with E-state index in [0.29, 0.717) is 12.7 Å². The standard InChI is InChI=1S/C14H20O3/c1-16-12-8-6-11(7-9-12)14(15)10-17-13-4-2-3-5-13/h6-9,13-15H,2-5,10H2,1H3. The van der Waals surface area contributed by atoms with Gasteiger partial charge in [-0.15, -0.1) is 0 Å². The van der Waals surface area contributed by atoms with Gasteiger partial charge in [-0.05, 0) is 30.5 Å². The van der Waals surface area contributed by atoms with Crippen LogP contribution in [0.1, 0.15) is 37.4 Å². The van der Waals surface area contributed by atoms with Gasteiger partial charge in [0.15, 0.2) is 0 Å². The molecule has 1 unspecified atom stereocenters. The highest BCUT2D eigenvalue weighted by Crippen LogP contribution is 2.23. The lowest BCUT2D eigenvalue weighted by Crippen LogP contribution is -2.14. The van der Waals surface area contributed by atoms with Crippen LogP contribution in [-0.4, -0.2) is 24.9 Å². The van der Waals surface area contributed by atoms with E-state index < -0.39 is 6.10 Å². The summed E-state index contributed by atoms with van der Waals surface area (Å²) in [5.74, 6) is 0.803. The fourth-order valence-electron chi connectivity index (χ4n) is 2.20. The molecule has 1 aromatic carbocycles. The van der Waals surface area contributed by atoms with Gasteiger partial charge in [0, 0.05) is 0 Å². The maximum Gasteiger partial charge on any atom is 0.118 e. The Bertz CT molecular complexity index is 328. The molecule has 17 heavy (non-hydrogen) atoms. The van der Waals surface area contributed by atoms with Gasteiger partial charge in [0.1, 0.15) is 11.9 Å². The first-order valence-corrected chi connectivity index (χ1v) is 6.23. The summed E-state index contributed by atoms with van der Waals surface area (Å²) in [5, 5.41) is 9.98. The van der Waals surface area contributed by atoms with Crippen LogP contribution < -0.4 is 4.74 Å². The molecule has 1 aliphatic rings. The third kappa shape index (κ3) is 3.45. The number of aliphatic hydroxyl groups excluding tert-OH is 1. The van der Waals surface area contributed by atoms with Crippen LogP contribution in [-0.2, 0) is 4.74 Å². The Labute approximate surface area is 102 Å². The lowest BCUT2D eigenvalue weighted by Gasteiger charge is -2.16. The molecule has 1 aromatic rings. The first kappa shape index (κ1) is 12.4. The predicted octanol–water partition coefficient (Wildman–Crippen LogP) is 2.69. The van der Waals surface area contributed by atoms with E-state index in [-0.39, 0.29) is 0 Å². The van der Waals surface area contributed by atoms with Gasteiger partial charge in [0.05, 0.1) is 19.8 Å². The van der Waals surface area contributed by atoms with E-state index in [1.54, 1.807) is 7.11 Å². The SMILES string of the molecule is COc1ccc(C(O)COC2CCCC2)cc1. The number of benzene rings is 1. The van der Waals surface area contributed by atoms with Crippen molar-refractivity contribution in [3.8, 4) is 5.75 Å². The second-order valence-electron chi connectivity index (χ2n) is 4.53. The number of methoxy groups -OCH3 is 1. The summed E-state index contributed by atoms with van der Waals surface area (Å²) < 4.78 is 10.8. The van der Waals surface area contributed by atoms with E-state index in [1.165, 1.54) is 12.8 Å². The molecule has 1 saturated carbocycles.